The highest BCUT2D eigenvalue weighted by Gasteiger charge is 2.31. The normalized spacial score (nSPS) is 10.8. The second kappa shape index (κ2) is 7.16. The molecule has 0 spiro atoms. The van der Waals surface area contributed by atoms with Crippen LogP contribution in [-0.4, -0.2) is 41.3 Å². The molecule has 0 unspecified atom stereocenters. The van der Waals surface area contributed by atoms with Crippen molar-refractivity contribution in [2.24, 2.45) is 0 Å². The van der Waals surface area contributed by atoms with Crippen LogP contribution in [0.5, 0.6) is 5.75 Å². The zero-order chi connectivity index (χ0) is 18.7. The SMILES string of the molecule is C=C(C)C(=O)OCCCCOc1cc(C(=O)O)c(C(=O)O)c2c(=O)c12. The minimum atomic E-state index is -1.47. The number of rotatable bonds is 9. The van der Waals surface area contributed by atoms with E-state index in [1.165, 1.54) is 6.92 Å². The summed E-state index contributed by atoms with van der Waals surface area (Å²) in [5, 5.41) is 18.2. The first kappa shape index (κ1) is 18.2. The van der Waals surface area contributed by atoms with Crippen LogP contribution in [0.15, 0.2) is 23.0 Å². The monoisotopic (exact) mass is 348 g/mol. The largest absolute Gasteiger partial charge is 0.493 e. The van der Waals surface area contributed by atoms with Crippen LogP contribution in [-0.2, 0) is 9.53 Å². The molecule has 0 aromatic heterocycles. The third-order valence-corrected chi connectivity index (χ3v) is 3.50. The predicted molar refractivity (Wildman–Crippen MR) is 87.0 cm³/mol. The second-order valence-corrected chi connectivity index (χ2v) is 5.46. The summed E-state index contributed by atoms with van der Waals surface area (Å²) in [6.07, 6.45) is 1.00. The Kier molecular flexibility index (Phi) is 5.21. The van der Waals surface area contributed by atoms with Gasteiger partial charge in [0, 0.05) is 5.57 Å². The maximum Gasteiger partial charge on any atom is 0.337 e. The highest BCUT2D eigenvalue weighted by Crippen LogP contribution is 2.33. The maximum absolute atomic E-state index is 11.7. The van der Waals surface area contributed by atoms with Crippen molar-refractivity contribution in [2.75, 3.05) is 13.2 Å². The summed E-state index contributed by atoms with van der Waals surface area (Å²) in [6.45, 7) is 5.34. The Morgan fingerprint density at radius 2 is 1.72 bits per heavy atom. The van der Waals surface area contributed by atoms with Crippen molar-refractivity contribution in [1.29, 1.82) is 0 Å². The summed E-state index contributed by atoms with van der Waals surface area (Å²) in [5.41, 5.74) is -1.21. The average Bonchev–Trinajstić information content (AvgIpc) is 3.20. The lowest BCUT2D eigenvalue weighted by atomic mass is 10.1. The molecule has 0 atom stereocenters. The van der Waals surface area contributed by atoms with Gasteiger partial charge in [-0.3, -0.25) is 4.79 Å². The molecule has 2 aromatic rings. The van der Waals surface area contributed by atoms with Gasteiger partial charge in [-0.25, -0.2) is 14.4 Å². The average molecular weight is 348 g/mol. The van der Waals surface area contributed by atoms with E-state index in [9.17, 15) is 19.2 Å². The van der Waals surface area contributed by atoms with Crippen molar-refractivity contribution >= 4 is 28.7 Å². The van der Waals surface area contributed by atoms with Gasteiger partial charge >= 0.3 is 17.9 Å². The van der Waals surface area contributed by atoms with Gasteiger partial charge < -0.3 is 19.7 Å². The number of unbranched alkanes of at least 4 members (excludes halogenated alkanes) is 1. The fourth-order valence-electron chi connectivity index (χ4n) is 2.23. The van der Waals surface area contributed by atoms with E-state index in [0.29, 0.717) is 18.4 Å². The maximum atomic E-state index is 11.7. The Bertz CT molecular complexity index is 882. The first-order chi connectivity index (χ1) is 11.8. The van der Waals surface area contributed by atoms with Crippen molar-refractivity contribution in [3.05, 3.63) is 39.6 Å². The van der Waals surface area contributed by atoms with Crippen LogP contribution in [0.2, 0.25) is 0 Å². The van der Waals surface area contributed by atoms with Crippen LogP contribution >= 0.6 is 0 Å². The van der Waals surface area contributed by atoms with Gasteiger partial charge in [0.1, 0.15) is 5.75 Å². The van der Waals surface area contributed by atoms with Crippen LogP contribution in [0.1, 0.15) is 40.5 Å². The lowest BCUT2D eigenvalue weighted by Crippen LogP contribution is -2.09. The lowest BCUT2D eigenvalue weighted by molar-refractivity contribution is -0.139. The third-order valence-electron chi connectivity index (χ3n) is 3.50. The lowest BCUT2D eigenvalue weighted by Gasteiger charge is -2.08. The summed E-state index contributed by atoms with van der Waals surface area (Å²) >= 11 is 0. The number of aromatic carboxylic acids is 2. The van der Waals surface area contributed by atoms with Crippen molar-refractivity contribution in [2.45, 2.75) is 19.8 Å². The van der Waals surface area contributed by atoms with Crippen LogP contribution in [0.3, 0.4) is 0 Å². The van der Waals surface area contributed by atoms with E-state index in [-0.39, 0.29) is 29.7 Å². The highest BCUT2D eigenvalue weighted by atomic mass is 16.5. The minimum Gasteiger partial charge on any atom is -0.493 e. The minimum absolute atomic E-state index is 0.0568. The van der Waals surface area contributed by atoms with E-state index in [1.54, 1.807) is 0 Å². The molecule has 0 fully saturated rings. The zero-order valence-corrected chi connectivity index (χ0v) is 13.5. The van der Waals surface area contributed by atoms with Crippen molar-refractivity contribution in [3.63, 3.8) is 0 Å². The van der Waals surface area contributed by atoms with E-state index < -0.39 is 34.5 Å². The molecule has 8 nitrogen and oxygen atoms in total. The van der Waals surface area contributed by atoms with Gasteiger partial charge in [-0.1, -0.05) is 6.58 Å². The van der Waals surface area contributed by atoms with E-state index in [1.807, 2.05) is 0 Å². The van der Waals surface area contributed by atoms with E-state index in [4.69, 9.17) is 19.7 Å². The summed E-state index contributed by atoms with van der Waals surface area (Å²) in [5.74, 6) is -3.34. The number of carboxylic acids is 2. The predicted octanol–water partition coefficient (Wildman–Crippen LogP) is 1.75. The topological polar surface area (TPSA) is 127 Å². The number of carboxylic acid groups (broad SMARTS) is 2. The first-order valence-electron chi connectivity index (χ1n) is 7.43. The molecule has 0 aliphatic carbocycles. The number of hydrogen-bond donors (Lipinski definition) is 2. The molecule has 2 aromatic carbocycles. The van der Waals surface area contributed by atoms with Crippen molar-refractivity contribution in [3.8, 4) is 5.75 Å². The van der Waals surface area contributed by atoms with Gasteiger partial charge in [-0.15, -0.1) is 0 Å². The smallest absolute Gasteiger partial charge is 0.337 e. The number of fused-ring (bicyclic) bond motifs is 1. The number of carbonyl (C=O) groups excluding carboxylic acids is 1. The van der Waals surface area contributed by atoms with Gasteiger partial charge in [0.2, 0.25) is 0 Å². The summed E-state index contributed by atoms with van der Waals surface area (Å²) < 4.78 is 10.3. The van der Waals surface area contributed by atoms with Gasteiger partial charge in [-0.05, 0) is 25.8 Å². The molecule has 2 N–H and O–H groups in total. The second-order valence-electron chi connectivity index (χ2n) is 5.46. The Hall–Kier alpha value is -3.16. The molecule has 0 amide bonds. The molecule has 0 saturated heterocycles. The first-order valence-corrected chi connectivity index (χ1v) is 7.43. The molecular weight excluding hydrogens is 332 g/mol. The fourth-order valence-corrected chi connectivity index (χ4v) is 2.23. The third kappa shape index (κ3) is 3.85. The van der Waals surface area contributed by atoms with E-state index in [0.717, 1.165) is 6.07 Å². The Morgan fingerprint density at radius 1 is 1.08 bits per heavy atom. The van der Waals surface area contributed by atoms with Gasteiger partial charge in [0.25, 0.3) is 0 Å². The van der Waals surface area contributed by atoms with Crippen LogP contribution in [0.25, 0.3) is 10.8 Å². The summed E-state index contributed by atoms with van der Waals surface area (Å²) in [6, 6.07) is 1.05. The van der Waals surface area contributed by atoms with Crippen LogP contribution in [0.4, 0.5) is 0 Å². The van der Waals surface area contributed by atoms with Gasteiger partial charge in [0.05, 0.1) is 35.1 Å². The molecule has 0 aliphatic rings. The highest BCUT2D eigenvalue weighted by molar-refractivity contribution is 6.19. The quantitative estimate of drug-likeness (QED) is 0.398. The molecule has 2 rings (SSSR count). The molecular formula is C17H16O8. The fraction of sp³-hybridized carbons (Fsp3) is 0.294. The summed E-state index contributed by atoms with van der Waals surface area (Å²) in [7, 11) is 0. The van der Waals surface area contributed by atoms with Gasteiger partial charge in [0.15, 0.2) is 5.43 Å². The van der Waals surface area contributed by atoms with Crippen LogP contribution < -0.4 is 10.2 Å². The Morgan fingerprint density at radius 3 is 2.28 bits per heavy atom. The number of ether oxygens (including phenoxy) is 2. The molecule has 0 heterocycles. The number of carbonyl (C=O) groups is 3. The van der Waals surface area contributed by atoms with Crippen LogP contribution in [0, 0.1) is 0 Å². The molecule has 0 bridgehead atoms. The van der Waals surface area contributed by atoms with E-state index >= 15 is 0 Å². The molecule has 0 aliphatic heterocycles. The van der Waals surface area contributed by atoms with Crippen molar-refractivity contribution < 1.29 is 34.1 Å². The summed E-state index contributed by atoms with van der Waals surface area (Å²) in [4.78, 5) is 45.3. The van der Waals surface area contributed by atoms with Crippen molar-refractivity contribution in [1.82, 2.24) is 0 Å². The molecule has 0 saturated carbocycles. The molecule has 0 radical (unpaired) electrons. The number of esters is 1. The standard InChI is InChI=1S/C17H16O8/c1-8(2)17(23)25-6-4-3-5-24-10-7-9(15(19)20)11(16(21)22)13-12(10)14(13)18/h7H,1,3-6H2,2H3,(H,19,20)(H,21,22). The molecule has 25 heavy (non-hydrogen) atoms. The number of hydrogen-bond acceptors (Lipinski definition) is 6. The number of benzene rings is 1. The molecule has 8 heteroatoms. The Balaban J connectivity index is 1.98. The van der Waals surface area contributed by atoms with E-state index in [2.05, 4.69) is 6.58 Å². The zero-order valence-electron chi connectivity index (χ0n) is 13.5. The Labute approximate surface area is 142 Å². The van der Waals surface area contributed by atoms with Gasteiger partial charge in [-0.2, -0.15) is 0 Å². The molecule has 132 valence electrons.